The summed E-state index contributed by atoms with van der Waals surface area (Å²) < 4.78 is 0. The molecule has 16 heavy (non-hydrogen) atoms. The normalized spacial score (nSPS) is 28.6. The van der Waals surface area contributed by atoms with Gasteiger partial charge in [-0.25, -0.2) is 0 Å². The van der Waals surface area contributed by atoms with E-state index in [0.717, 1.165) is 11.3 Å². The third kappa shape index (κ3) is 2.66. The number of rotatable bonds is 2. The van der Waals surface area contributed by atoms with Crippen molar-refractivity contribution in [3.05, 3.63) is 0 Å². The number of hydrogen-bond donors (Lipinski definition) is 0. The van der Waals surface area contributed by atoms with Gasteiger partial charge in [-0.05, 0) is 0 Å². The summed E-state index contributed by atoms with van der Waals surface area (Å²) in [7, 11) is 0. The summed E-state index contributed by atoms with van der Waals surface area (Å²) in [6.45, 7) is 5.27. The van der Waals surface area contributed by atoms with Crippen LogP contribution in [-0.2, 0) is 0 Å². The molecule has 2 fully saturated rings. The van der Waals surface area contributed by atoms with E-state index in [-0.39, 0.29) is 0 Å². The Labute approximate surface area is 110 Å². The Morgan fingerprint density at radius 1 is 0.688 bits per heavy atom. The van der Waals surface area contributed by atoms with Crippen LogP contribution >= 0.6 is 20.8 Å². The van der Waals surface area contributed by atoms with Crippen molar-refractivity contribution in [2.45, 2.75) is 75.5 Å². The maximum absolute atomic E-state index is 4.34. The van der Waals surface area contributed by atoms with Gasteiger partial charge in [-0.1, -0.05) is 0 Å². The molecule has 0 amide bonds. The fraction of sp³-hybridized carbons (Fsp3) is 1.00. The van der Waals surface area contributed by atoms with Crippen molar-refractivity contribution in [2.24, 2.45) is 0 Å². The Balaban J connectivity index is 2.10. The van der Waals surface area contributed by atoms with Crippen LogP contribution in [0.1, 0.15) is 64.2 Å². The van der Waals surface area contributed by atoms with E-state index in [1.807, 2.05) is 0 Å². The first-order valence-corrected chi connectivity index (χ1v) is 12.5. The van der Waals surface area contributed by atoms with Gasteiger partial charge in [0.05, 0.1) is 0 Å². The number of halogens is 1. The maximum atomic E-state index is 4.34. The molecule has 0 heterocycles. The van der Waals surface area contributed by atoms with Crippen LogP contribution in [0.2, 0.25) is 0 Å². The van der Waals surface area contributed by atoms with Gasteiger partial charge in [0, 0.05) is 0 Å². The molecule has 0 spiro atoms. The summed E-state index contributed by atoms with van der Waals surface area (Å²) in [6.07, 6.45) is 15.0. The summed E-state index contributed by atoms with van der Waals surface area (Å²) in [5, 5.41) is -1.57. The average Bonchev–Trinajstić information content (AvgIpc) is 2.31. The second-order valence-corrected chi connectivity index (χ2v) is 19.2. The van der Waals surface area contributed by atoms with E-state index < -0.39 is 5.31 Å². The van der Waals surface area contributed by atoms with Gasteiger partial charge in [0.15, 0.2) is 0 Å². The second kappa shape index (κ2) is 4.88. The van der Waals surface area contributed by atoms with Crippen molar-refractivity contribution in [2.75, 3.05) is 13.3 Å². The summed E-state index contributed by atoms with van der Waals surface area (Å²) in [5.41, 5.74) is 2.06. The first kappa shape index (κ1) is 13.3. The molecule has 0 aromatic carbocycles. The zero-order valence-electron chi connectivity index (χ0n) is 11.1. The van der Waals surface area contributed by atoms with E-state index in [0.29, 0.717) is 0 Å². The van der Waals surface area contributed by atoms with Crippen molar-refractivity contribution in [1.29, 1.82) is 0 Å². The Morgan fingerprint density at radius 3 is 1.31 bits per heavy atom. The van der Waals surface area contributed by atoms with Gasteiger partial charge in [-0.2, -0.15) is 0 Å². The van der Waals surface area contributed by atoms with Crippen LogP contribution < -0.4 is 0 Å². The molecular formula is C14H28BrP. The summed E-state index contributed by atoms with van der Waals surface area (Å²) in [5.74, 6) is 0. The molecule has 0 atom stereocenters. The molecular weight excluding hydrogens is 279 g/mol. The van der Waals surface area contributed by atoms with Crippen molar-refractivity contribution >= 4 is 20.8 Å². The van der Waals surface area contributed by atoms with Crippen LogP contribution in [0.3, 0.4) is 0 Å². The Morgan fingerprint density at radius 2 is 1.00 bits per heavy atom. The molecule has 2 aliphatic carbocycles. The van der Waals surface area contributed by atoms with Gasteiger partial charge in [0.2, 0.25) is 0 Å². The van der Waals surface area contributed by atoms with Crippen molar-refractivity contribution < 1.29 is 0 Å². The van der Waals surface area contributed by atoms with E-state index >= 15 is 0 Å². The van der Waals surface area contributed by atoms with Gasteiger partial charge in [-0.15, -0.1) is 0 Å². The summed E-state index contributed by atoms with van der Waals surface area (Å²) >= 11 is 4.34. The molecule has 0 saturated heterocycles. The molecule has 0 aliphatic heterocycles. The third-order valence-corrected chi connectivity index (χ3v) is 14.1. The Bertz CT molecular complexity index is 207. The zero-order valence-corrected chi connectivity index (χ0v) is 13.5. The molecule has 0 radical (unpaired) electrons. The minimum absolute atomic E-state index is 1.03. The molecule has 2 saturated carbocycles. The predicted molar refractivity (Wildman–Crippen MR) is 81.4 cm³/mol. The molecule has 2 heteroatoms. The average molecular weight is 307 g/mol. The molecule has 96 valence electrons. The van der Waals surface area contributed by atoms with E-state index in [4.69, 9.17) is 0 Å². The van der Waals surface area contributed by atoms with E-state index in [1.54, 1.807) is 0 Å². The third-order valence-electron chi connectivity index (χ3n) is 5.31. The zero-order chi connectivity index (χ0) is 11.7. The van der Waals surface area contributed by atoms with Gasteiger partial charge in [0.1, 0.15) is 0 Å². The molecule has 0 nitrogen and oxygen atoms in total. The Kier molecular flexibility index (Phi) is 4.07. The van der Waals surface area contributed by atoms with Gasteiger partial charge < -0.3 is 0 Å². The topological polar surface area (TPSA) is 0 Å². The van der Waals surface area contributed by atoms with Gasteiger partial charge in [0.25, 0.3) is 0 Å². The van der Waals surface area contributed by atoms with Crippen molar-refractivity contribution in [3.63, 3.8) is 0 Å². The minimum atomic E-state index is -1.57. The predicted octanol–water partition coefficient (Wildman–Crippen LogP) is 5.77. The Hall–Kier alpha value is 0.910. The van der Waals surface area contributed by atoms with Gasteiger partial charge >= 0.3 is 110 Å². The van der Waals surface area contributed by atoms with E-state index in [1.165, 1.54) is 64.2 Å². The van der Waals surface area contributed by atoms with Crippen molar-refractivity contribution in [1.82, 2.24) is 0 Å². The van der Waals surface area contributed by atoms with Gasteiger partial charge in [-0.3, -0.25) is 0 Å². The molecule has 0 N–H and O–H groups in total. The van der Waals surface area contributed by atoms with Crippen molar-refractivity contribution in [3.8, 4) is 0 Å². The van der Waals surface area contributed by atoms with E-state index in [2.05, 4.69) is 28.8 Å². The molecule has 0 aromatic heterocycles. The molecule has 2 rings (SSSR count). The van der Waals surface area contributed by atoms with Crippen LogP contribution in [0.25, 0.3) is 0 Å². The molecule has 0 bridgehead atoms. The van der Waals surface area contributed by atoms with E-state index in [9.17, 15) is 0 Å². The second-order valence-electron chi connectivity index (χ2n) is 6.75. The fourth-order valence-electron chi connectivity index (χ4n) is 3.99. The SMILES string of the molecule is CP(C)(Br)(C1CCCCC1)C1CCCCC1. The van der Waals surface area contributed by atoms with Crippen LogP contribution in [0.5, 0.6) is 0 Å². The van der Waals surface area contributed by atoms with Crippen LogP contribution in [-0.4, -0.2) is 24.6 Å². The van der Waals surface area contributed by atoms with Crippen LogP contribution in [0, 0.1) is 0 Å². The molecule has 0 unspecified atom stereocenters. The summed E-state index contributed by atoms with van der Waals surface area (Å²) in [4.78, 5) is 0. The molecule has 0 aromatic rings. The quantitative estimate of drug-likeness (QED) is 0.568. The standard InChI is InChI=1S/C14H28BrP/c1-16(2,15,13-9-5-3-6-10-13)14-11-7-4-8-12-14/h13-14H,3-12H2,1-2H3. The number of hydrogen-bond acceptors (Lipinski definition) is 0. The monoisotopic (exact) mass is 306 g/mol. The molecule has 2 aliphatic rings. The first-order valence-electron chi connectivity index (χ1n) is 7.21. The van der Waals surface area contributed by atoms with Crippen LogP contribution in [0.15, 0.2) is 0 Å². The first-order chi connectivity index (χ1) is 7.49. The summed E-state index contributed by atoms with van der Waals surface area (Å²) in [6, 6.07) is 0. The van der Waals surface area contributed by atoms with Crippen LogP contribution in [0.4, 0.5) is 0 Å². The fourth-order valence-corrected chi connectivity index (χ4v) is 10.8.